The van der Waals surface area contributed by atoms with E-state index in [0.29, 0.717) is 12.1 Å². The zero-order chi connectivity index (χ0) is 13.8. The molecule has 2 aromatic rings. The van der Waals surface area contributed by atoms with Crippen LogP contribution < -0.4 is 10.2 Å². The summed E-state index contributed by atoms with van der Waals surface area (Å²) in [7, 11) is 0. The molecule has 0 aliphatic carbocycles. The Hall–Kier alpha value is -2.10. The highest BCUT2D eigenvalue weighted by atomic mass is 19.1. The second kappa shape index (κ2) is 5.90. The third-order valence-electron chi connectivity index (χ3n) is 3.62. The molecule has 1 aliphatic rings. The molecule has 0 saturated carbocycles. The first kappa shape index (κ1) is 12.9. The number of benzene rings is 1. The monoisotopic (exact) mass is 271 g/mol. The first-order valence-corrected chi connectivity index (χ1v) is 7.02. The second-order valence-electron chi connectivity index (χ2n) is 5.01. The summed E-state index contributed by atoms with van der Waals surface area (Å²) in [6, 6.07) is 10.8. The molecule has 3 rings (SSSR count). The minimum absolute atomic E-state index is 0.174. The molecular formula is C16H18FN3. The molecule has 0 amide bonds. The van der Waals surface area contributed by atoms with Gasteiger partial charge in [-0.1, -0.05) is 18.2 Å². The molecule has 0 bridgehead atoms. The minimum atomic E-state index is -0.174. The van der Waals surface area contributed by atoms with E-state index >= 15 is 0 Å². The lowest BCUT2D eigenvalue weighted by Gasteiger charge is -2.20. The normalized spacial score (nSPS) is 14.6. The SMILES string of the molecule is Fc1ccccc1CNc1cccnc1N1CCCC1. The van der Waals surface area contributed by atoms with Gasteiger partial charge in [-0.05, 0) is 31.0 Å². The number of anilines is 2. The lowest BCUT2D eigenvalue weighted by Crippen LogP contribution is -2.20. The molecule has 1 aromatic carbocycles. The van der Waals surface area contributed by atoms with Gasteiger partial charge in [0.2, 0.25) is 0 Å². The van der Waals surface area contributed by atoms with Crippen LogP contribution in [0.25, 0.3) is 0 Å². The second-order valence-corrected chi connectivity index (χ2v) is 5.01. The van der Waals surface area contributed by atoms with Crippen molar-refractivity contribution in [3.05, 3.63) is 54.0 Å². The molecule has 1 N–H and O–H groups in total. The smallest absolute Gasteiger partial charge is 0.151 e. The Morgan fingerprint density at radius 1 is 1.10 bits per heavy atom. The topological polar surface area (TPSA) is 28.2 Å². The Morgan fingerprint density at radius 2 is 1.90 bits per heavy atom. The van der Waals surface area contributed by atoms with Gasteiger partial charge in [0.05, 0.1) is 5.69 Å². The molecule has 0 atom stereocenters. The van der Waals surface area contributed by atoms with Crippen molar-refractivity contribution in [1.29, 1.82) is 0 Å². The molecule has 2 heterocycles. The highest BCUT2D eigenvalue weighted by Gasteiger charge is 2.16. The van der Waals surface area contributed by atoms with Gasteiger partial charge in [0.15, 0.2) is 5.82 Å². The molecule has 4 heteroatoms. The fourth-order valence-corrected chi connectivity index (χ4v) is 2.55. The Morgan fingerprint density at radius 3 is 2.70 bits per heavy atom. The van der Waals surface area contributed by atoms with E-state index in [1.165, 1.54) is 18.9 Å². The first-order chi connectivity index (χ1) is 9.84. The van der Waals surface area contributed by atoms with Crippen molar-refractivity contribution in [3.8, 4) is 0 Å². The largest absolute Gasteiger partial charge is 0.378 e. The van der Waals surface area contributed by atoms with Gasteiger partial charge in [-0.3, -0.25) is 0 Å². The van der Waals surface area contributed by atoms with Crippen molar-refractivity contribution < 1.29 is 4.39 Å². The van der Waals surface area contributed by atoms with Crippen molar-refractivity contribution in [2.45, 2.75) is 19.4 Å². The van der Waals surface area contributed by atoms with Crippen molar-refractivity contribution >= 4 is 11.5 Å². The molecule has 1 saturated heterocycles. The summed E-state index contributed by atoms with van der Waals surface area (Å²) in [6.45, 7) is 2.57. The maximum Gasteiger partial charge on any atom is 0.151 e. The van der Waals surface area contributed by atoms with Gasteiger partial charge in [-0.2, -0.15) is 0 Å². The van der Waals surface area contributed by atoms with E-state index in [9.17, 15) is 4.39 Å². The van der Waals surface area contributed by atoms with Crippen molar-refractivity contribution in [2.75, 3.05) is 23.3 Å². The van der Waals surface area contributed by atoms with Gasteiger partial charge in [0, 0.05) is 31.4 Å². The number of aromatic nitrogens is 1. The van der Waals surface area contributed by atoms with Crippen LogP contribution in [0.5, 0.6) is 0 Å². The quantitative estimate of drug-likeness (QED) is 0.923. The average molecular weight is 271 g/mol. The van der Waals surface area contributed by atoms with E-state index < -0.39 is 0 Å². The van der Waals surface area contributed by atoms with Gasteiger partial charge in [0.1, 0.15) is 5.82 Å². The van der Waals surface area contributed by atoms with E-state index in [1.807, 2.05) is 24.4 Å². The van der Waals surface area contributed by atoms with Crippen LogP contribution in [0, 0.1) is 5.82 Å². The van der Waals surface area contributed by atoms with Crippen LogP contribution in [0.1, 0.15) is 18.4 Å². The lowest BCUT2D eigenvalue weighted by atomic mass is 10.2. The fraction of sp³-hybridized carbons (Fsp3) is 0.312. The number of hydrogen-bond donors (Lipinski definition) is 1. The standard InChI is InChI=1S/C16H18FN3/c17-14-7-2-1-6-13(14)12-19-15-8-5-9-18-16(15)20-10-3-4-11-20/h1-2,5-9,19H,3-4,10-12H2. The zero-order valence-electron chi connectivity index (χ0n) is 11.3. The van der Waals surface area contributed by atoms with E-state index in [4.69, 9.17) is 0 Å². The number of hydrogen-bond acceptors (Lipinski definition) is 3. The summed E-state index contributed by atoms with van der Waals surface area (Å²) in [5.41, 5.74) is 1.64. The Bertz CT molecular complexity index is 579. The van der Waals surface area contributed by atoms with Crippen LogP contribution in [0.3, 0.4) is 0 Å². The van der Waals surface area contributed by atoms with Gasteiger partial charge in [0.25, 0.3) is 0 Å². The first-order valence-electron chi connectivity index (χ1n) is 7.02. The van der Waals surface area contributed by atoms with Crippen LogP contribution in [0.4, 0.5) is 15.9 Å². The third kappa shape index (κ3) is 2.74. The molecule has 1 aliphatic heterocycles. The Labute approximate surface area is 118 Å². The number of nitrogens with zero attached hydrogens (tertiary/aromatic N) is 2. The van der Waals surface area contributed by atoms with Gasteiger partial charge >= 0.3 is 0 Å². The predicted octanol–water partition coefficient (Wildman–Crippen LogP) is 3.43. The van der Waals surface area contributed by atoms with Crippen LogP contribution in [-0.2, 0) is 6.54 Å². The summed E-state index contributed by atoms with van der Waals surface area (Å²) in [5, 5.41) is 3.30. The van der Waals surface area contributed by atoms with Crippen LogP contribution in [0.15, 0.2) is 42.6 Å². The maximum absolute atomic E-state index is 13.6. The molecule has 0 unspecified atom stereocenters. The number of halogens is 1. The number of pyridine rings is 1. The van der Waals surface area contributed by atoms with E-state index in [1.54, 1.807) is 12.1 Å². The zero-order valence-corrected chi connectivity index (χ0v) is 11.3. The number of rotatable bonds is 4. The Kier molecular flexibility index (Phi) is 3.81. The summed E-state index contributed by atoms with van der Waals surface area (Å²) < 4.78 is 13.6. The molecule has 0 spiro atoms. The van der Waals surface area contributed by atoms with E-state index in [2.05, 4.69) is 15.2 Å². The molecule has 104 valence electrons. The summed E-state index contributed by atoms with van der Waals surface area (Å²) in [5.74, 6) is 0.799. The average Bonchev–Trinajstić information content (AvgIpc) is 3.01. The van der Waals surface area contributed by atoms with Crippen molar-refractivity contribution in [1.82, 2.24) is 4.98 Å². The van der Waals surface area contributed by atoms with Crippen molar-refractivity contribution in [3.63, 3.8) is 0 Å². The van der Waals surface area contributed by atoms with Crippen LogP contribution in [0.2, 0.25) is 0 Å². The molecule has 1 aromatic heterocycles. The molecule has 3 nitrogen and oxygen atoms in total. The minimum Gasteiger partial charge on any atom is -0.378 e. The van der Waals surface area contributed by atoms with Crippen molar-refractivity contribution in [2.24, 2.45) is 0 Å². The predicted molar refractivity (Wildman–Crippen MR) is 79.4 cm³/mol. The van der Waals surface area contributed by atoms with Crippen LogP contribution in [-0.4, -0.2) is 18.1 Å². The van der Waals surface area contributed by atoms with E-state index in [-0.39, 0.29) is 5.82 Å². The highest BCUT2D eigenvalue weighted by Crippen LogP contribution is 2.26. The molecule has 0 radical (unpaired) electrons. The lowest BCUT2D eigenvalue weighted by molar-refractivity contribution is 0.613. The number of nitrogens with one attached hydrogen (secondary N) is 1. The van der Waals surface area contributed by atoms with Crippen LogP contribution >= 0.6 is 0 Å². The highest BCUT2D eigenvalue weighted by molar-refractivity contribution is 5.65. The molecule has 20 heavy (non-hydrogen) atoms. The van der Waals surface area contributed by atoms with Gasteiger partial charge in [-0.25, -0.2) is 9.37 Å². The summed E-state index contributed by atoms with van der Waals surface area (Å²) in [4.78, 5) is 6.75. The Balaban J connectivity index is 1.76. The van der Waals surface area contributed by atoms with Gasteiger partial charge in [-0.15, -0.1) is 0 Å². The summed E-state index contributed by atoms with van der Waals surface area (Å²) >= 11 is 0. The molecular weight excluding hydrogens is 253 g/mol. The third-order valence-corrected chi connectivity index (χ3v) is 3.62. The van der Waals surface area contributed by atoms with E-state index in [0.717, 1.165) is 24.6 Å². The maximum atomic E-state index is 13.6. The summed E-state index contributed by atoms with van der Waals surface area (Å²) in [6.07, 6.45) is 4.23. The molecule has 1 fully saturated rings. The van der Waals surface area contributed by atoms with Gasteiger partial charge < -0.3 is 10.2 Å². The fourth-order valence-electron chi connectivity index (χ4n) is 2.55.